The lowest BCUT2D eigenvalue weighted by Gasteiger charge is -2.17. The van der Waals surface area contributed by atoms with Crippen molar-refractivity contribution in [2.24, 2.45) is 0 Å². The van der Waals surface area contributed by atoms with Crippen LogP contribution in [-0.2, 0) is 12.8 Å². The summed E-state index contributed by atoms with van der Waals surface area (Å²) in [5.41, 5.74) is 2.57. The normalized spacial score (nSPS) is 13.0. The van der Waals surface area contributed by atoms with Crippen LogP contribution < -0.4 is 9.47 Å². The van der Waals surface area contributed by atoms with E-state index in [4.69, 9.17) is 9.47 Å². The predicted octanol–water partition coefficient (Wildman–Crippen LogP) is 5.71. The maximum absolute atomic E-state index is 6.02. The van der Waals surface area contributed by atoms with Gasteiger partial charge in [0, 0.05) is 12.8 Å². The van der Waals surface area contributed by atoms with Crippen LogP contribution in [0.25, 0.3) is 0 Å². The summed E-state index contributed by atoms with van der Waals surface area (Å²) in [7, 11) is 0. The van der Waals surface area contributed by atoms with Crippen LogP contribution in [-0.4, -0.2) is 12.2 Å². The Morgan fingerprint density at radius 3 is 1.23 bits per heavy atom. The summed E-state index contributed by atoms with van der Waals surface area (Å²) in [6.07, 6.45) is 2.04. The van der Waals surface area contributed by atoms with Gasteiger partial charge >= 0.3 is 0 Å². The summed E-state index contributed by atoms with van der Waals surface area (Å²) in [5.74, 6) is 1.74. The van der Waals surface area contributed by atoms with Crippen molar-refractivity contribution in [1.82, 2.24) is 0 Å². The van der Waals surface area contributed by atoms with Crippen molar-refractivity contribution in [2.45, 2.75) is 38.9 Å². The largest absolute Gasteiger partial charge is 0.490 e. The van der Waals surface area contributed by atoms with Crippen LogP contribution in [0, 0.1) is 0 Å². The molecule has 0 fully saturated rings. The zero-order valence-electron chi connectivity index (χ0n) is 15.5. The number of hydrogen-bond acceptors (Lipinski definition) is 2. The average molecular weight is 346 g/mol. The van der Waals surface area contributed by atoms with Crippen LogP contribution in [0.4, 0.5) is 0 Å². The van der Waals surface area contributed by atoms with Crippen LogP contribution in [0.5, 0.6) is 11.5 Å². The number of ether oxygens (including phenoxy) is 2. The quantitative estimate of drug-likeness (QED) is 0.520. The van der Waals surface area contributed by atoms with Crippen molar-refractivity contribution < 1.29 is 9.47 Å². The predicted molar refractivity (Wildman–Crippen MR) is 107 cm³/mol. The molecule has 26 heavy (non-hydrogen) atoms. The summed E-state index contributed by atoms with van der Waals surface area (Å²) < 4.78 is 12.0. The van der Waals surface area contributed by atoms with Gasteiger partial charge in [0.25, 0.3) is 0 Å². The molecule has 2 unspecified atom stereocenters. The third-order valence-corrected chi connectivity index (χ3v) is 4.23. The molecule has 0 heterocycles. The van der Waals surface area contributed by atoms with E-state index in [9.17, 15) is 0 Å². The number of rotatable bonds is 8. The minimum Gasteiger partial charge on any atom is -0.490 e. The molecule has 0 aliphatic rings. The second kappa shape index (κ2) is 9.10. The molecule has 0 N–H and O–H groups in total. The van der Waals surface area contributed by atoms with Gasteiger partial charge in [0.15, 0.2) is 0 Å². The summed E-state index contributed by atoms with van der Waals surface area (Å²) in [6.45, 7) is 4.19. The smallest absolute Gasteiger partial charge is 0.119 e. The molecule has 2 heteroatoms. The van der Waals surface area contributed by atoms with E-state index in [0.29, 0.717) is 0 Å². The lowest BCUT2D eigenvalue weighted by atomic mass is 10.1. The first-order chi connectivity index (χ1) is 12.7. The van der Waals surface area contributed by atoms with Gasteiger partial charge in [-0.1, -0.05) is 60.7 Å². The van der Waals surface area contributed by atoms with Gasteiger partial charge in [0.1, 0.15) is 11.5 Å². The molecule has 3 aromatic rings. The van der Waals surface area contributed by atoms with Crippen molar-refractivity contribution in [3.05, 3.63) is 96.1 Å². The summed E-state index contributed by atoms with van der Waals surface area (Å²) in [5, 5.41) is 0. The van der Waals surface area contributed by atoms with Crippen LogP contribution in [0.1, 0.15) is 25.0 Å². The molecule has 0 aliphatic carbocycles. The van der Waals surface area contributed by atoms with Crippen molar-refractivity contribution >= 4 is 0 Å². The Morgan fingerprint density at radius 2 is 0.885 bits per heavy atom. The average Bonchev–Trinajstić information content (AvgIpc) is 2.65. The minimum absolute atomic E-state index is 0.126. The molecule has 0 aromatic heterocycles. The van der Waals surface area contributed by atoms with Crippen LogP contribution in [0.2, 0.25) is 0 Å². The maximum Gasteiger partial charge on any atom is 0.119 e. The second-order valence-corrected chi connectivity index (χ2v) is 6.71. The van der Waals surface area contributed by atoms with E-state index >= 15 is 0 Å². The molecular formula is C24H26O2. The molecule has 0 aliphatic heterocycles. The van der Waals surface area contributed by atoms with Crippen molar-refractivity contribution in [1.29, 1.82) is 0 Å². The molecule has 3 aromatic carbocycles. The number of benzene rings is 3. The monoisotopic (exact) mass is 346 g/mol. The van der Waals surface area contributed by atoms with Gasteiger partial charge in [0.05, 0.1) is 12.2 Å². The molecule has 3 rings (SSSR count). The van der Waals surface area contributed by atoms with Crippen molar-refractivity contribution in [2.75, 3.05) is 0 Å². The van der Waals surface area contributed by atoms with E-state index in [0.717, 1.165) is 24.3 Å². The van der Waals surface area contributed by atoms with E-state index in [1.54, 1.807) is 0 Å². The molecule has 2 nitrogen and oxygen atoms in total. The summed E-state index contributed by atoms with van der Waals surface area (Å²) >= 11 is 0. The first-order valence-corrected chi connectivity index (χ1v) is 9.20. The minimum atomic E-state index is 0.126. The first kappa shape index (κ1) is 18.1. The van der Waals surface area contributed by atoms with E-state index in [-0.39, 0.29) is 12.2 Å². The lowest BCUT2D eigenvalue weighted by Crippen LogP contribution is -2.16. The fourth-order valence-corrected chi connectivity index (χ4v) is 3.04. The highest BCUT2D eigenvalue weighted by atomic mass is 16.5. The Labute approximate surface area is 156 Å². The SMILES string of the molecule is CC(Cc1ccccc1)Oc1ccc(OC(C)Cc2ccccc2)cc1. The van der Waals surface area contributed by atoms with Crippen molar-refractivity contribution in [3.63, 3.8) is 0 Å². The van der Waals surface area contributed by atoms with Gasteiger partial charge in [-0.05, 0) is 49.2 Å². The van der Waals surface area contributed by atoms with Crippen molar-refractivity contribution in [3.8, 4) is 11.5 Å². The topological polar surface area (TPSA) is 18.5 Å². The summed E-state index contributed by atoms with van der Waals surface area (Å²) in [6, 6.07) is 28.7. The molecule has 0 radical (unpaired) electrons. The van der Waals surface area contributed by atoms with Crippen LogP contribution in [0.3, 0.4) is 0 Å². The third-order valence-electron chi connectivity index (χ3n) is 4.23. The highest BCUT2D eigenvalue weighted by molar-refractivity contribution is 5.32. The lowest BCUT2D eigenvalue weighted by molar-refractivity contribution is 0.215. The van der Waals surface area contributed by atoms with Gasteiger partial charge in [-0.25, -0.2) is 0 Å². The number of hydrogen-bond donors (Lipinski definition) is 0. The van der Waals surface area contributed by atoms with E-state index < -0.39 is 0 Å². The molecule has 0 bridgehead atoms. The molecule has 0 amide bonds. The Hall–Kier alpha value is -2.74. The zero-order chi connectivity index (χ0) is 18.2. The van der Waals surface area contributed by atoms with E-state index in [1.165, 1.54) is 11.1 Å². The molecule has 0 saturated carbocycles. The fourth-order valence-electron chi connectivity index (χ4n) is 3.04. The highest BCUT2D eigenvalue weighted by Crippen LogP contribution is 2.21. The maximum atomic E-state index is 6.02. The summed E-state index contributed by atoms with van der Waals surface area (Å²) in [4.78, 5) is 0. The molecule has 134 valence electrons. The van der Waals surface area contributed by atoms with E-state index in [1.807, 2.05) is 36.4 Å². The Balaban J connectivity index is 1.50. The second-order valence-electron chi connectivity index (χ2n) is 6.71. The standard InChI is InChI=1S/C24H26O2/c1-19(17-21-9-5-3-6-10-21)25-23-13-15-24(16-14-23)26-20(2)18-22-11-7-4-8-12-22/h3-16,19-20H,17-18H2,1-2H3. The van der Waals surface area contributed by atoms with E-state index in [2.05, 4.69) is 62.4 Å². The van der Waals surface area contributed by atoms with Gasteiger partial charge in [-0.3, -0.25) is 0 Å². The Morgan fingerprint density at radius 1 is 0.538 bits per heavy atom. The van der Waals surface area contributed by atoms with Crippen LogP contribution in [0.15, 0.2) is 84.9 Å². The fraction of sp³-hybridized carbons (Fsp3) is 0.250. The molecular weight excluding hydrogens is 320 g/mol. The first-order valence-electron chi connectivity index (χ1n) is 9.20. The third kappa shape index (κ3) is 5.66. The molecule has 2 atom stereocenters. The zero-order valence-corrected chi connectivity index (χ0v) is 15.5. The highest BCUT2D eigenvalue weighted by Gasteiger charge is 2.08. The Kier molecular flexibility index (Phi) is 6.32. The molecule has 0 saturated heterocycles. The van der Waals surface area contributed by atoms with Crippen LogP contribution >= 0.6 is 0 Å². The van der Waals surface area contributed by atoms with Gasteiger partial charge < -0.3 is 9.47 Å². The Bertz CT molecular complexity index is 698. The van der Waals surface area contributed by atoms with Gasteiger partial charge in [-0.15, -0.1) is 0 Å². The van der Waals surface area contributed by atoms with Gasteiger partial charge in [-0.2, -0.15) is 0 Å². The molecule has 0 spiro atoms. The van der Waals surface area contributed by atoms with Gasteiger partial charge in [0.2, 0.25) is 0 Å².